The minimum Gasteiger partial charge on any atom is -0.493 e. The van der Waals surface area contributed by atoms with Gasteiger partial charge in [0.05, 0.1) is 18.1 Å². The van der Waals surface area contributed by atoms with Crippen LogP contribution in [-0.4, -0.2) is 35.9 Å². The van der Waals surface area contributed by atoms with E-state index in [2.05, 4.69) is 0 Å². The summed E-state index contributed by atoms with van der Waals surface area (Å²) in [6.45, 7) is 2.11. The highest BCUT2D eigenvalue weighted by atomic mass is 35.5. The molecule has 0 aliphatic rings. The number of halogens is 1. The normalized spacial score (nSPS) is 10.0. The smallest absolute Gasteiger partial charge is 0.313 e. The lowest BCUT2D eigenvalue weighted by Gasteiger charge is -2.18. The summed E-state index contributed by atoms with van der Waals surface area (Å²) >= 11 is 5.80. The molecule has 2 rings (SSSR count). The molecule has 2 aromatic rings. The summed E-state index contributed by atoms with van der Waals surface area (Å²) in [5.41, 5.74) is 0.0118. The van der Waals surface area contributed by atoms with E-state index in [9.17, 15) is 14.9 Å². The highest BCUT2D eigenvalue weighted by Gasteiger charge is 2.20. The number of amides is 1. The summed E-state index contributed by atoms with van der Waals surface area (Å²) in [4.78, 5) is 24.4. The van der Waals surface area contributed by atoms with Crippen molar-refractivity contribution in [3.05, 3.63) is 57.1 Å². The highest BCUT2D eigenvalue weighted by molar-refractivity contribution is 6.30. The largest absolute Gasteiger partial charge is 0.493 e. The fourth-order valence-corrected chi connectivity index (χ4v) is 2.48. The van der Waals surface area contributed by atoms with Crippen molar-refractivity contribution in [3.63, 3.8) is 0 Å². The first-order valence-electron chi connectivity index (χ1n) is 7.87. The minimum atomic E-state index is -0.605. The minimum absolute atomic E-state index is 0.0126. The van der Waals surface area contributed by atoms with E-state index < -0.39 is 4.92 Å². The van der Waals surface area contributed by atoms with Crippen molar-refractivity contribution in [2.45, 2.75) is 6.92 Å². The topological polar surface area (TPSA) is 106 Å². The molecule has 0 bridgehead atoms. The van der Waals surface area contributed by atoms with E-state index in [-0.39, 0.29) is 40.4 Å². The number of hydrogen-bond acceptors (Lipinski definition) is 6. The van der Waals surface area contributed by atoms with Gasteiger partial charge in [-0.3, -0.25) is 14.9 Å². The second-order valence-corrected chi connectivity index (χ2v) is 5.75. The van der Waals surface area contributed by atoms with Gasteiger partial charge in [0.1, 0.15) is 6.54 Å². The van der Waals surface area contributed by atoms with Crippen molar-refractivity contribution < 1.29 is 19.2 Å². The Kier molecular flexibility index (Phi) is 6.57. The molecule has 0 fully saturated rings. The summed E-state index contributed by atoms with van der Waals surface area (Å²) in [7, 11) is 1.39. The van der Waals surface area contributed by atoms with Gasteiger partial charge in [-0.15, -0.1) is 0 Å². The first-order valence-corrected chi connectivity index (χ1v) is 8.25. The number of rotatable bonds is 7. The molecule has 2 aromatic carbocycles. The molecule has 0 atom stereocenters. The fourth-order valence-electron chi connectivity index (χ4n) is 2.32. The number of nitrogens with zero attached hydrogens (tertiary/aromatic N) is 3. The third-order valence-electron chi connectivity index (χ3n) is 3.68. The maximum Gasteiger partial charge on any atom is 0.313 e. The van der Waals surface area contributed by atoms with Gasteiger partial charge in [-0.25, -0.2) is 0 Å². The molecule has 0 spiro atoms. The Hall–Kier alpha value is -3.31. The SMILES string of the molecule is CCN(CC#N)C(=O)c1ccc(Oc2ccc(Cl)cc2[N+](=O)[O-])c(OC)c1. The lowest BCUT2D eigenvalue weighted by atomic mass is 10.1. The molecule has 27 heavy (non-hydrogen) atoms. The maximum absolute atomic E-state index is 12.5. The van der Waals surface area contributed by atoms with Crippen LogP contribution in [0.25, 0.3) is 0 Å². The summed E-state index contributed by atoms with van der Waals surface area (Å²) in [6, 6.07) is 10.4. The Labute approximate surface area is 160 Å². The molecular weight excluding hydrogens is 374 g/mol. The molecule has 0 radical (unpaired) electrons. The molecule has 1 amide bonds. The van der Waals surface area contributed by atoms with Gasteiger partial charge in [0.2, 0.25) is 5.75 Å². The quantitative estimate of drug-likeness (QED) is 0.402. The average molecular weight is 390 g/mol. The van der Waals surface area contributed by atoms with Crippen molar-refractivity contribution in [3.8, 4) is 23.3 Å². The third-order valence-corrected chi connectivity index (χ3v) is 3.91. The predicted octanol–water partition coefficient (Wildman–Crippen LogP) is 4.03. The van der Waals surface area contributed by atoms with E-state index >= 15 is 0 Å². The Balaban J connectivity index is 2.37. The van der Waals surface area contributed by atoms with Gasteiger partial charge in [-0.2, -0.15) is 5.26 Å². The molecule has 0 heterocycles. The number of nitro benzene ring substituents is 1. The number of benzene rings is 2. The molecule has 0 saturated heterocycles. The number of carbonyl (C=O) groups is 1. The van der Waals surface area contributed by atoms with Crippen LogP contribution < -0.4 is 9.47 Å². The summed E-state index contributed by atoms with van der Waals surface area (Å²) in [5, 5.41) is 20.2. The van der Waals surface area contributed by atoms with Crippen LogP contribution in [0.5, 0.6) is 17.2 Å². The monoisotopic (exact) mass is 389 g/mol. The zero-order valence-corrected chi connectivity index (χ0v) is 15.4. The zero-order valence-electron chi connectivity index (χ0n) is 14.6. The van der Waals surface area contributed by atoms with Gasteiger partial charge in [-0.1, -0.05) is 11.6 Å². The molecule has 0 unspecified atom stereocenters. The second-order valence-electron chi connectivity index (χ2n) is 5.31. The molecule has 0 saturated carbocycles. The van der Waals surface area contributed by atoms with E-state index in [0.29, 0.717) is 12.1 Å². The van der Waals surface area contributed by atoms with Crippen LogP contribution in [-0.2, 0) is 0 Å². The molecule has 0 N–H and O–H groups in total. The molecular formula is C18H16ClN3O5. The van der Waals surface area contributed by atoms with E-state index in [1.165, 1.54) is 48.4 Å². The summed E-state index contributed by atoms with van der Waals surface area (Å²) in [5.74, 6) is 0.0729. The van der Waals surface area contributed by atoms with Gasteiger partial charge >= 0.3 is 5.69 Å². The van der Waals surface area contributed by atoms with Gasteiger partial charge in [0, 0.05) is 23.2 Å². The lowest BCUT2D eigenvalue weighted by Crippen LogP contribution is -2.31. The van der Waals surface area contributed by atoms with Crippen LogP contribution >= 0.6 is 11.6 Å². The Morgan fingerprint density at radius 1 is 1.26 bits per heavy atom. The fraction of sp³-hybridized carbons (Fsp3) is 0.222. The van der Waals surface area contributed by atoms with Crippen molar-refractivity contribution in [1.82, 2.24) is 4.90 Å². The molecule has 8 nitrogen and oxygen atoms in total. The summed E-state index contributed by atoms with van der Waals surface area (Å²) in [6.07, 6.45) is 0. The number of hydrogen-bond donors (Lipinski definition) is 0. The van der Waals surface area contributed by atoms with Gasteiger partial charge in [0.25, 0.3) is 5.91 Å². The number of carbonyl (C=O) groups excluding carboxylic acids is 1. The van der Waals surface area contributed by atoms with E-state index in [1.54, 1.807) is 6.92 Å². The Morgan fingerprint density at radius 2 is 1.96 bits per heavy atom. The molecule has 0 aliphatic heterocycles. The molecule has 140 valence electrons. The van der Waals surface area contributed by atoms with Crippen molar-refractivity contribution in [2.24, 2.45) is 0 Å². The van der Waals surface area contributed by atoms with Gasteiger partial charge in [0.15, 0.2) is 11.5 Å². The zero-order chi connectivity index (χ0) is 20.0. The number of nitriles is 1. The third kappa shape index (κ3) is 4.65. The highest BCUT2D eigenvalue weighted by Crippen LogP contribution is 2.38. The van der Waals surface area contributed by atoms with Crippen LogP contribution in [0.4, 0.5) is 5.69 Å². The molecule has 0 aliphatic carbocycles. The van der Waals surface area contributed by atoms with Crippen molar-refractivity contribution >= 4 is 23.2 Å². The van der Waals surface area contributed by atoms with Crippen LogP contribution in [0.3, 0.4) is 0 Å². The van der Waals surface area contributed by atoms with Crippen LogP contribution in [0.2, 0.25) is 5.02 Å². The number of nitro groups is 1. The van der Waals surface area contributed by atoms with Crippen molar-refractivity contribution in [1.29, 1.82) is 5.26 Å². The Bertz CT molecular complexity index is 910. The summed E-state index contributed by atoms with van der Waals surface area (Å²) < 4.78 is 10.9. The average Bonchev–Trinajstić information content (AvgIpc) is 2.67. The second kappa shape index (κ2) is 8.87. The van der Waals surface area contributed by atoms with Crippen LogP contribution in [0.1, 0.15) is 17.3 Å². The van der Waals surface area contributed by atoms with Gasteiger partial charge in [-0.05, 0) is 37.3 Å². The maximum atomic E-state index is 12.5. The number of ether oxygens (including phenoxy) is 2. The van der Waals surface area contributed by atoms with Crippen LogP contribution in [0.15, 0.2) is 36.4 Å². The number of methoxy groups -OCH3 is 1. The standard InChI is InChI=1S/C18H16ClN3O5/c1-3-21(9-8-20)18(23)12-4-6-16(17(10-12)26-2)27-15-7-5-13(19)11-14(15)22(24)25/h4-7,10-11H,3,9H2,1-2H3. The van der Waals surface area contributed by atoms with E-state index in [1.807, 2.05) is 6.07 Å². The van der Waals surface area contributed by atoms with E-state index in [4.69, 9.17) is 26.3 Å². The first kappa shape index (κ1) is 20.0. The Morgan fingerprint density at radius 3 is 2.56 bits per heavy atom. The van der Waals surface area contributed by atoms with Crippen molar-refractivity contribution in [2.75, 3.05) is 20.2 Å². The molecule has 0 aromatic heterocycles. The lowest BCUT2D eigenvalue weighted by molar-refractivity contribution is -0.385. The first-order chi connectivity index (χ1) is 12.9. The van der Waals surface area contributed by atoms with E-state index in [0.717, 1.165) is 0 Å². The van der Waals surface area contributed by atoms with Gasteiger partial charge < -0.3 is 14.4 Å². The predicted molar refractivity (Wildman–Crippen MR) is 98.4 cm³/mol. The van der Waals surface area contributed by atoms with Crippen LogP contribution in [0, 0.1) is 21.4 Å². The molecule has 9 heteroatoms.